The van der Waals surface area contributed by atoms with E-state index in [2.05, 4.69) is 0 Å². The maximum Gasteiger partial charge on any atom is 0.352 e. The first kappa shape index (κ1) is 10.9. The second-order valence-electron chi connectivity index (χ2n) is 3.95. The summed E-state index contributed by atoms with van der Waals surface area (Å²) in [6.45, 7) is 1.05. The molecule has 16 heavy (non-hydrogen) atoms. The van der Waals surface area contributed by atoms with E-state index in [1.165, 1.54) is 10.6 Å². The van der Waals surface area contributed by atoms with Crippen LogP contribution in [0.15, 0.2) is 12.3 Å². The lowest BCUT2D eigenvalue weighted by atomic mass is 9.99. The van der Waals surface area contributed by atoms with E-state index < -0.39 is 5.97 Å². The van der Waals surface area contributed by atoms with Crippen LogP contribution in [0.2, 0.25) is 0 Å². The average molecular weight is 223 g/mol. The summed E-state index contributed by atoms with van der Waals surface area (Å²) in [6.07, 6.45) is 2.28. The minimum atomic E-state index is -1.02. The van der Waals surface area contributed by atoms with Crippen LogP contribution >= 0.6 is 0 Å². The molecule has 0 bridgehead atoms. The number of ether oxygens (including phenoxy) is 1. The Bertz CT molecular complexity index is 429. The molecule has 1 unspecified atom stereocenters. The molecule has 0 aromatic carbocycles. The lowest BCUT2D eigenvalue weighted by Crippen LogP contribution is -2.13. The number of aryl methyl sites for hydroxylation is 1. The van der Waals surface area contributed by atoms with Gasteiger partial charge in [-0.2, -0.15) is 0 Å². The van der Waals surface area contributed by atoms with Gasteiger partial charge in [0.25, 0.3) is 0 Å². The molecular weight excluding hydrogens is 210 g/mol. The van der Waals surface area contributed by atoms with E-state index in [0.29, 0.717) is 18.8 Å². The molecule has 1 aliphatic heterocycles. The molecule has 0 saturated carbocycles. The quantitative estimate of drug-likeness (QED) is 0.774. The van der Waals surface area contributed by atoms with Gasteiger partial charge in [0.15, 0.2) is 5.78 Å². The van der Waals surface area contributed by atoms with E-state index in [1.54, 1.807) is 13.2 Å². The zero-order valence-corrected chi connectivity index (χ0v) is 8.97. The largest absolute Gasteiger partial charge is 0.477 e. The number of hydrogen-bond acceptors (Lipinski definition) is 3. The third-order valence-corrected chi connectivity index (χ3v) is 2.81. The maximum absolute atomic E-state index is 11.9. The number of carboxylic acids is 1. The van der Waals surface area contributed by atoms with Gasteiger partial charge in [-0.25, -0.2) is 4.79 Å². The number of aromatic carboxylic acids is 1. The Morgan fingerprint density at radius 1 is 1.56 bits per heavy atom. The van der Waals surface area contributed by atoms with E-state index in [4.69, 9.17) is 9.84 Å². The van der Waals surface area contributed by atoms with Gasteiger partial charge in [0, 0.05) is 31.3 Å². The molecule has 1 N–H and O–H groups in total. The number of hydrogen-bond donors (Lipinski definition) is 1. The predicted molar refractivity (Wildman–Crippen MR) is 55.6 cm³/mol. The van der Waals surface area contributed by atoms with Crippen LogP contribution in [-0.4, -0.2) is 34.6 Å². The minimum absolute atomic E-state index is 0.0272. The third-order valence-electron chi connectivity index (χ3n) is 2.81. The fourth-order valence-electron chi connectivity index (χ4n) is 1.89. The van der Waals surface area contributed by atoms with Gasteiger partial charge >= 0.3 is 5.97 Å². The van der Waals surface area contributed by atoms with Crippen LogP contribution < -0.4 is 0 Å². The minimum Gasteiger partial charge on any atom is -0.477 e. The zero-order valence-electron chi connectivity index (χ0n) is 8.97. The molecule has 5 nitrogen and oxygen atoms in total. The van der Waals surface area contributed by atoms with Crippen LogP contribution in [0.1, 0.15) is 27.3 Å². The van der Waals surface area contributed by atoms with Gasteiger partial charge in [0.05, 0.1) is 6.61 Å². The standard InChI is InChI=1S/C11H13NO4/c1-12-5-8(4-9(12)11(14)15)10(13)7-2-3-16-6-7/h4-5,7H,2-3,6H2,1H3,(H,14,15). The Labute approximate surface area is 92.6 Å². The van der Waals surface area contributed by atoms with E-state index in [9.17, 15) is 9.59 Å². The van der Waals surface area contributed by atoms with Gasteiger partial charge in [-0.1, -0.05) is 0 Å². The molecule has 0 aliphatic carbocycles. The zero-order chi connectivity index (χ0) is 11.7. The van der Waals surface area contributed by atoms with E-state index in [0.717, 1.165) is 6.42 Å². The van der Waals surface area contributed by atoms with E-state index >= 15 is 0 Å². The third kappa shape index (κ3) is 1.86. The first-order chi connectivity index (χ1) is 7.59. The Morgan fingerprint density at radius 2 is 2.31 bits per heavy atom. The van der Waals surface area contributed by atoms with Gasteiger partial charge in [-0.05, 0) is 12.5 Å². The summed E-state index contributed by atoms with van der Waals surface area (Å²) in [7, 11) is 1.62. The van der Waals surface area contributed by atoms with Crippen LogP contribution in [-0.2, 0) is 11.8 Å². The SMILES string of the molecule is Cn1cc(C(=O)C2CCOC2)cc1C(=O)O. The topological polar surface area (TPSA) is 68.5 Å². The molecule has 0 spiro atoms. The number of nitrogens with zero attached hydrogens (tertiary/aromatic N) is 1. The highest BCUT2D eigenvalue weighted by Gasteiger charge is 2.26. The van der Waals surface area contributed by atoms with E-state index in [-0.39, 0.29) is 17.4 Å². The summed E-state index contributed by atoms with van der Waals surface area (Å²) < 4.78 is 6.59. The molecular formula is C11H13NO4. The summed E-state index contributed by atoms with van der Waals surface area (Å²) in [6, 6.07) is 1.42. The van der Waals surface area contributed by atoms with Crippen molar-refractivity contribution >= 4 is 11.8 Å². The van der Waals surface area contributed by atoms with Crippen molar-refractivity contribution in [1.82, 2.24) is 4.57 Å². The molecule has 5 heteroatoms. The molecule has 2 rings (SSSR count). The number of aromatic nitrogens is 1. The lowest BCUT2D eigenvalue weighted by molar-refractivity contribution is 0.0686. The average Bonchev–Trinajstić information content (AvgIpc) is 2.84. The number of carboxylic acid groups (broad SMARTS) is 1. The molecule has 0 amide bonds. The van der Waals surface area contributed by atoms with Crippen molar-refractivity contribution < 1.29 is 19.4 Å². The van der Waals surface area contributed by atoms with Crippen molar-refractivity contribution in [2.75, 3.05) is 13.2 Å². The van der Waals surface area contributed by atoms with Crippen LogP contribution in [0.25, 0.3) is 0 Å². The van der Waals surface area contributed by atoms with Crippen LogP contribution in [0, 0.1) is 5.92 Å². The first-order valence-corrected chi connectivity index (χ1v) is 5.11. The molecule has 1 atom stereocenters. The second kappa shape index (κ2) is 4.09. The highest BCUT2D eigenvalue weighted by molar-refractivity contribution is 6.00. The fraction of sp³-hybridized carbons (Fsp3) is 0.455. The number of carbonyl (C=O) groups excluding carboxylic acids is 1. The number of carbonyl (C=O) groups is 2. The van der Waals surface area contributed by atoms with Gasteiger partial charge in [0.2, 0.25) is 0 Å². The van der Waals surface area contributed by atoms with Crippen molar-refractivity contribution in [3.63, 3.8) is 0 Å². The van der Waals surface area contributed by atoms with Crippen LogP contribution in [0.3, 0.4) is 0 Å². The highest BCUT2D eigenvalue weighted by Crippen LogP contribution is 2.19. The molecule has 1 aromatic heterocycles. The number of rotatable bonds is 3. The summed E-state index contributed by atoms with van der Waals surface area (Å²) >= 11 is 0. The molecule has 1 saturated heterocycles. The molecule has 1 fully saturated rings. The molecule has 1 aromatic rings. The van der Waals surface area contributed by atoms with Crippen molar-refractivity contribution in [2.24, 2.45) is 13.0 Å². The van der Waals surface area contributed by atoms with Gasteiger partial charge < -0.3 is 14.4 Å². The van der Waals surface area contributed by atoms with E-state index in [1.807, 2.05) is 0 Å². The van der Waals surface area contributed by atoms with Gasteiger partial charge in [-0.3, -0.25) is 4.79 Å². The summed E-state index contributed by atoms with van der Waals surface area (Å²) in [5, 5.41) is 8.87. The fourth-order valence-corrected chi connectivity index (χ4v) is 1.89. The van der Waals surface area contributed by atoms with Crippen molar-refractivity contribution in [2.45, 2.75) is 6.42 Å². The predicted octanol–water partition coefficient (Wildman–Crippen LogP) is 0.942. The normalized spacial score (nSPS) is 19.9. The molecule has 86 valence electrons. The Balaban J connectivity index is 2.23. The summed E-state index contributed by atoms with van der Waals surface area (Å²) in [4.78, 5) is 22.8. The molecule has 2 heterocycles. The van der Waals surface area contributed by atoms with Gasteiger partial charge in [-0.15, -0.1) is 0 Å². The summed E-state index contributed by atoms with van der Waals surface area (Å²) in [5.41, 5.74) is 0.581. The molecule has 0 radical (unpaired) electrons. The van der Waals surface area contributed by atoms with Crippen molar-refractivity contribution in [3.05, 3.63) is 23.5 Å². The monoisotopic (exact) mass is 223 g/mol. The number of ketones is 1. The smallest absolute Gasteiger partial charge is 0.352 e. The summed E-state index contributed by atoms with van der Waals surface area (Å²) in [5.74, 6) is -1.17. The number of Topliss-reactive ketones (excluding diaryl/α,β-unsaturated/α-hetero) is 1. The Kier molecular flexibility index (Phi) is 2.78. The van der Waals surface area contributed by atoms with Crippen molar-refractivity contribution in [1.29, 1.82) is 0 Å². The van der Waals surface area contributed by atoms with Crippen LogP contribution in [0.5, 0.6) is 0 Å². The first-order valence-electron chi connectivity index (χ1n) is 5.11. The van der Waals surface area contributed by atoms with Crippen molar-refractivity contribution in [3.8, 4) is 0 Å². The highest BCUT2D eigenvalue weighted by atomic mass is 16.5. The Morgan fingerprint density at radius 3 is 2.81 bits per heavy atom. The Hall–Kier alpha value is -1.62. The van der Waals surface area contributed by atoms with Crippen LogP contribution in [0.4, 0.5) is 0 Å². The second-order valence-corrected chi connectivity index (χ2v) is 3.95. The van der Waals surface area contributed by atoms with Gasteiger partial charge in [0.1, 0.15) is 5.69 Å². The molecule has 1 aliphatic rings. The lowest BCUT2D eigenvalue weighted by Gasteiger charge is -2.03. The maximum atomic E-state index is 11.9.